The lowest BCUT2D eigenvalue weighted by Gasteiger charge is -2.08. The Morgan fingerprint density at radius 1 is 1.32 bits per heavy atom. The summed E-state index contributed by atoms with van der Waals surface area (Å²) in [5.41, 5.74) is 0.175. The van der Waals surface area contributed by atoms with Crippen molar-refractivity contribution in [3.8, 4) is 5.75 Å². The molecule has 2 rings (SSSR count). The number of rotatable bonds is 6. The number of non-ortho nitro benzene ring substituents is 1. The Kier molecular flexibility index (Phi) is 4.77. The van der Waals surface area contributed by atoms with Crippen LogP contribution in [-0.2, 0) is 6.54 Å². The summed E-state index contributed by atoms with van der Waals surface area (Å²) >= 11 is 0. The molecule has 0 saturated heterocycles. The molecular weight excluding hydrogens is 303 g/mol. The van der Waals surface area contributed by atoms with Gasteiger partial charge in [0.25, 0.3) is 5.69 Å². The lowest BCUT2D eigenvalue weighted by atomic mass is 10.2. The third-order valence-electron chi connectivity index (χ3n) is 2.65. The van der Waals surface area contributed by atoms with Gasteiger partial charge in [0.2, 0.25) is 0 Å². The number of halogens is 3. The Balaban J connectivity index is 1.99. The van der Waals surface area contributed by atoms with E-state index in [0.717, 1.165) is 12.3 Å². The zero-order chi connectivity index (χ0) is 16.1. The zero-order valence-electron chi connectivity index (χ0n) is 11.0. The van der Waals surface area contributed by atoms with Crippen LogP contribution in [0.3, 0.4) is 0 Å². The quantitative estimate of drug-likeness (QED) is 0.653. The van der Waals surface area contributed by atoms with E-state index >= 15 is 0 Å². The summed E-state index contributed by atoms with van der Waals surface area (Å²) in [4.78, 5) is 13.7. The number of nitro groups is 1. The number of nitro benzene ring substituents is 1. The van der Waals surface area contributed by atoms with Crippen LogP contribution >= 0.6 is 0 Å². The summed E-state index contributed by atoms with van der Waals surface area (Å²) in [5.74, 6) is -0.855. The molecule has 0 bridgehead atoms. The van der Waals surface area contributed by atoms with E-state index in [-0.39, 0.29) is 23.7 Å². The summed E-state index contributed by atoms with van der Waals surface area (Å²) in [5, 5.41) is 13.2. The minimum atomic E-state index is -2.93. The van der Waals surface area contributed by atoms with Gasteiger partial charge in [-0.3, -0.25) is 15.1 Å². The molecule has 116 valence electrons. The summed E-state index contributed by atoms with van der Waals surface area (Å²) in [6.45, 7) is -2.82. The van der Waals surface area contributed by atoms with Crippen LogP contribution in [0.5, 0.6) is 5.75 Å². The smallest absolute Gasteiger partial charge is 0.387 e. The van der Waals surface area contributed by atoms with Gasteiger partial charge < -0.3 is 10.1 Å². The summed E-state index contributed by atoms with van der Waals surface area (Å²) < 4.78 is 41.7. The number of benzene rings is 1. The van der Waals surface area contributed by atoms with Gasteiger partial charge in [-0.15, -0.1) is 0 Å². The molecule has 0 atom stereocenters. The highest BCUT2D eigenvalue weighted by atomic mass is 19.3. The Bertz CT molecular complexity index is 665. The first-order valence-corrected chi connectivity index (χ1v) is 6.03. The molecule has 0 aliphatic carbocycles. The molecule has 0 aliphatic rings. The van der Waals surface area contributed by atoms with Gasteiger partial charge in [-0.25, -0.2) is 4.39 Å². The maximum absolute atomic E-state index is 13.6. The summed E-state index contributed by atoms with van der Waals surface area (Å²) in [6.07, 6.45) is 1.12. The lowest BCUT2D eigenvalue weighted by Crippen LogP contribution is -2.05. The molecule has 9 heteroatoms. The van der Waals surface area contributed by atoms with Crippen molar-refractivity contribution >= 4 is 11.4 Å². The van der Waals surface area contributed by atoms with E-state index in [0.29, 0.717) is 5.69 Å². The van der Waals surface area contributed by atoms with Crippen molar-refractivity contribution in [2.24, 2.45) is 0 Å². The predicted octanol–water partition coefficient (Wildman–Crippen LogP) is 3.34. The SMILES string of the molecule is O=[N+]([O-])c1ccc(NCc2ccc(OC(F)F)cn2)c(F)c1. The Morgan fingerprint density at radius 2 is 2.09 bits per heavy atom. The highest BCUT2D eigenvalue weighted by Crippen LogP contribution is 2.21. The van der Waals surface area contributed by atoms with Crippen molar-refractivity contribution < 1.29 is 22.8 Å². The average molecular weight is 313 g/mol. The molecular formula is C13H10F3N3O3. The maximum Gasteiger partial charge on any atom is 0.387 e. The van der Waals surface area contributed by atoms with Crippen molar-refractivity contribution in [1.82, 2.24) is 4.98 Å². The molecule has 2 aromatic rings. The molecule has 6 nitrogen and oxygen atoms in total. The highest BCUT2D eigenvalue weighted by molar-refractivity contribution is 5.50. The van der Waals surface area contributed by atoms with Crippen molar-refractivity contribution in [1.29, 1.82) is 0 Å². The van der Waals surface area contributed by atoms with Crippen LogP contribution in [0, 0.1) is 15.9 Å². The molecule has 0 spiro atoms. The van der Waals surface area contributed by atoms with Crippen molar-refractivity contribution in [2.45, 2.75) is 13.2 Å². The third-order valence-corrected chi connectivity index (χ3v) is 2.65. The van der Waals surface area contributed by atoms with Gasteiger partial charge in [-0.2, -0.15) is 8.78 Å². The van der Waals surface area contributed by atoms with Crippen molar-refractivity contribution in [3.05, 3.63) is 58.2 Å². The largest absolute Gasteiger partial charge is 0.433 e. The van der Waals surface area contributed by atoms with E-state index in [1.807, 2.05) is 0 Å². The average Bonchev–Trinajstić information content (AvgIpc) is 2.46. The molecule has 22 heavy (non-hydrogen) atoms. The minimum absolute atomic E-state index is 0.0697. The number of ether oxygens (including phenoxy) is 1. The third kappa shape index (κ3) is 4.08. The van der Waals surface area contributed by atoms with Gasteiger partial charge in [-0.1, -0.05) is 0 Å². The topological polar surface area (TPSA) is 77.3 Å². The van der Waals surface area contributed by atoms with E-state index in [1.165, 1.54) is 24.3 Å². The number of nitrogens with zero attached hydrogens (tertiary/aromatic N) is 2. The van der Waals surface area contributed by atoms with Gasteiger partial charge in [-0.05, 0) is 18.2 Å². The molecule has 0 aliphatic heterocycles. The van der Waals surface area contributed by atoms with Gasteiger partial charge >= 0.3 is 6.61 Å². The Hall–Kier alpha value is -2.84. The molecule has 0 radical (unpaired) electrons. The number of hydrogen-bond acceptors (Lipinski definition) is 5. The van der Waals surface area contributed by atoms with Gasteiger partial charge in [0.05, 0.1) is 35.1 Å². The number of aromatic nitrogens is 1. The van der Waals surface area contributed by atoms with E-state index in [1.54, 1.807) is 0 Å². The molecule has 0 saturated carbocycles. The summed E-state index contributed by atoms with van der Waals surface area (Å²) in [7, 11) is 0. The fourth-order valence-corrected chi connectivity index (χ4v) is 1.63. The maximum atomic E-state index is 13.6. The van der Waals surface area contributed by atoms with E-state index in [9.17, 15) is 23.3 Å². The second kappa shape index (κ2) is 6.74. The molecule has 0 amide bonds. The number of pyridine rings is 1. The van der Waals surface area contributed by atoms with Crippen LogP contribution in [0.2, 0.25) is 0 Å². The van der Waals surface area contributed by atoms with Crippen LogP contribution in [0.4, 0.5) is 24.5 Å². The number of alkyl halides is 2. The van der Waals surface area contributed by atoms with Gasteiger partial charge in [0, 0.05) is 6.07 Å². The molecule has 1 heterocycles. The predicted molar refractivity (Wildman–Crippen MR) is 71.3 cm³/mol. The molecule has 0 fully saturated rings. The van der Waals surface area contributed by atoms with Crippen LogP contribution in [0.1, 0.15) is 5.69 Å². The number of anilines is 1. The zero-order valence-corrected chi connectivity index (χ0v) is 11.0. The van der Waals surface area contributed by atoms with Gasteiger partial charge in [0.1, 0.15) is 5.75 Å². The fourth-order valence-electron chi connectivity index (χ4n) is 1.63. The van der Waals surface area contributed by atoms with E-state index in [4.69, 9.17) is 0 Å². The van der Waals surface area contributed by atoms with Crippen LogP contribution < -0.4 is 10.1 Å². The fraction of sp³-hybridized carbons (Fsp3) is 0.154. The van der Waals surface area contributed by atoms with Crippen LogP contribution in [0.25, 0.3) is 0 Å². The Labute approximate surface area is 122 Å². The monoisotopic (exact) mass is 313 g/mol. The molecule has 1 aromatic heterocycles. The lowest BCUT2D eigenvalue weighted by molar-refractivity contribution is -0.385. The van der Waals surface area contributed by atoms with E-state index < -0.39 is 17.4 Å². The second-order valence-corrected chi connectivity index (χ2v) is 4.14. The second-order valence-electron chi connectivity index (χ2n) is 4.14. The van der Waals surface area contributed by atoms with Crippen molar-refractivity contribution in [3.63, 3.8) is 0 Å². The van der Waals surface area contributed by atoms with E-state index in [2.05, 4.69) is 15.0 Å². The molecule has 1 N–H and O–H groups in total. The van der Waals surface area contributed by atoms with Gasteiger partial charge in [0.15, 0.2) is 5.82 Å². The minimum Gasteiger partial charge on any atom is -0.433 e. The highest BCUT2D eigenvalue weighted by Gasteiger charge is 2.10. The number of nitrogens with one attached hydrogen (secondary N) is 1. The first-order chi connectivity index (χ1) is 10.5. The first kappa shape index (κ1) is 15.5. The van der Waals surface area contributed by atoms with Crippen LogP contribution in [0.15, 0.2) is 36.5 Å². The van der Waals surface area contributed by atoms with Crippen molar-refractivity contribution in [2.75, 3.05) is 5.32 Å². The summed E-state index contributed by atoms with van der Waals surface area (Å²) in [6, 6.07) is 5.95. The molecule has 1 aromatic carbocycles. The first-order valence-electron chi connectivity index (χ1n) is 6.03. The Morgan fingerprint density at radius 3 is 2.64 bits per heavy atom. The normalized spacial score (nSPS) is 10.5. The van der Waals surface area contributed by atoms with Crippen LogP contribution in [-0.4, -0.2) is 16.5 Å². The number of hydrogen-bond donors (Lipinski definition) is 1. The molecule has 0 unspecified atom stereocenters. The standard InChI is InChI=1S/C13H10F3N3O3/c14-11-5-9(19(20)21)2-4-12(11)18-6-8-1-3-10(7-17-8)22-13(15)16/h1-5,7,13,18H,6H2.